The van der Waals surface area contributed by atoms with Gasteiger partial charge in [-0.1, -0.05) is 20.8 Å². The molecule has 76 valence electrons. The quantitative estimate of drug-likeness (QED) is 0.657. The van der Waals surface area contributed by atoms with Gasteiger partial charge in [-0.25, -0.2) is 0 Å². The van der Waals surface area contributed by atoms with E-state index < -0.39 is 0 Å². The molecule has 0 aromatic carbocycles. The molecule has 0 aromatic heterocycles. The van der Waals surface area contributed by atoms with Crippen molar-refractivity contribution in [1.82, 2.24) is 0 Å². The maximum absolute atomic E-state index is 5.83. The van der Waals surface area contributed by atoms with Crippen molar-refractivity contribution in [2.75, 3.05) is 6.26 Å². The van der Waals surface area contributed by atoms with E-state index in [0.29, 0.717) is 10.2 Å². The topological polar surface area (TPSA) is 9.23 Å². The van der Waals surface area contributed by atoms with Gasteiger partial charge < -0.3 is 4.18 Å². The Hall–Kier alpha value is 0.660. The summed E-state index contributed by atoms with van der Waals surface area (Å²) in [6.45, 7) is 7.03. The average Bonchev–Trinajstić information content (AvgIpc) is 2.61. The summed E-state index contributed by atoms with van der Waals surface area (Å²) in [6, 6.07) is 0. The van der Waals surface area contributed by atoms with Crippen LogP contribution < -0.4 is 0 Å². The van der Waals surface area contributed by atoms with E-state index >= 15 is 0 Å². The maximum atomic E-state index is 5.83. The minimum absolute atomic E-state index is 0.360. The highest BCUT2D eigenvalue weighted by Crippen LogP contribution is 2.66. The Morgan fingerprint density at radius 1 is 1.46 bits per heavy atom. The largest absolute Gasteiger partial charge is 0.310 e. The third-order valence-electron chi connectivity index (χ3n) is 3.90. The highest BCUT2D eigenvalue weighted by molar-refractivity contribution is 8.16. The third-order valence-corrected chi connectivity index (χ3v) is 7.17. The number of thioether (sulfide) groups is 1. The molecule has 5 unspecified atom stereocenters. The Bertz CT molecular complexity index is 207. The van der Waals surface area contributed by atoms with Crippen LogP contribution in [0.3, 0.4) is 0 Å². The van der Waals surface area contributed by atoms with Gasteiger partial charge in [0, 0.05) is 18.0 Å². The zero-order valence-electron chi connectivity index (χ0n) is 8.74. The molecule has 1 aliphatic heterocycles. The second-order valence-corrected chi connectivity index (χ2v) is 6.61. The van der Waals surface area contributed by atoms with Crippen molar-refractivity contribution in [2.45, 2.75) is 37.4 Å². The lowest BCUT2D eigenvalue weighted by molar-refractivity contribution is 0.153. The van der Waals surface area contributed by atoms with E-state index in [9.17, 15) is 0 Å². The maximum Gasteiger partial charge on any atom is 0.0951 e. The lowest BCUT2D eigenvalue weighted by atomic mass is 9.98. The fraction of sp³-hybridized carbons (Fsp3) is 1.00. The molecule has 0 aromatic rings. The molecule has 2 bridgehead atoms. The van der Waals surface area contributed by atoms with Crippen molar-refractivity contribution in [3.63, 3.8) is 0 Å². The zero-order chi connectivity index (χ0) is 9.64. The molecule has 1 saturated carbocycles. The van der Waals surface area contributed by atoms with Crippen LogP contribution in [0.1, 0.15) is 27.2 Å². The Kier molecular flexibility index (Phi) is 2.63. The normalized spacial score (nSPS) is 54.5. The average molecular weight is 218 g/mol. The molecule has 0 radical (unpaired) electrons. The zero-order valence-corrected chi connectivity index (χ0v) is 10.4. The molecule has 1 heterocycles. The van der Waals surface area contributed by atoms with Gasteiger partial charge >= 0.3 is 0 Å². The predicted octanol–water partition coefficient (Wildman–Crippen LogP) is 3.40. The van der Waals surface area contributed by atoms with Gasteiger partial charge in [-0.3, -0.25) is 0 Å². The molecule has 2 rings (SSSR count). The molecule has 5 atom stereocenters. The lowest BCUT2D eigenvalue weighted by Crippen LogP contribution is -2.30. The summed E-state index contributed by atoms with van der Waals surface area (Å²) >= 11 is 3.75. The van der Waals surface area contributed by atoms with Crippen molar-refractivity contribution in [2.24, 2.45) is 17.8 Å². The van der Waals surface area contributed by atoms with Crippen LogP contribution in [0, 0.1) is 17.8 Å². The second kappa shape index (κ2) is 3.35. The first-order valence-electron chi connectivity index (χ1n) is 5.07. The smallest absolute Gasteiger partial charge is 0.0951 e. The van der Waals surface area contributed by atoms with Gasteiger partial charge in [-0.2, -0.15) is 0 Å². The number of rotatable bonds is 2. The molecule has 1 saturated heterocycles. The van der Waals surface area contributed by atoms with Crippen LogP contribution in [-0.4, -0.2) is 16.4 Å². The molecule has 0 N–H and O–H groups in total. The van der Waals surface area contributed by atoms with Crippen LogP contribution in [0.2, 0.25) is 0 Å². The van der Waals surface area contributed by atoms with Crippen molar-refractivity contribution in [1.29, 1.82) is 0 Å². The van der Waals surface area contributed by atoms with Gasteiger partial charge in [-0.05, 0) is 24.5 Å². The Morgan fingerprint density at radius 3 is 2.62 bits per heavy atom. The molecule has 1 aliphatic carbocycles. The Labute approximate surface area is 89.6 Å². The van der Waals surface area contributed by atoms with Crippen LogP contribution in [0.4, 0.5) is 0 Å². The summed E-state index contributed by atoms with van der Waals surface area (Å²) in [4.78, 5) is 0. The Morgan fingerprint density at radius 2 is 2.15 bits per heavy atom. The fourth-order valence-corrected chi connectivity index (χ4v) is 5.84. The molecule has 0 amide bonds. The van der Waals surface area contributed by atoms with Crippen LogP contribution >= 0.6 is 23.8 Å². The first kappa shape index (κ1) is 10.2. The van der Waals surface area contributed by atoms with Gasteiger partial charge in [0.05, 0.1) is 10.2 Å². The molecule has 0 spiro atoms. The third kappa shape index (κ3) is 1.13. The van der Waals surface area contributed by atoms with Gasteiger partial charge in [-0.15, -0.1) is 11.8 Å². The highest BCUT2D eigenvalue weighted by atomic mass is 32.2. The van der Waals surface area contributed by atoms with E-state index in [1.807, 2.05) is 11.8 Å². The monoisotopic (exact) mass is 218 g/mol. The van der Waals surface area contributed by atoms with Crippen LogP contribution in [0.15, 0.2) is 0 Å². The summed E-state index contributed by atoms with van der Waals surface area (Å²) in [5.74, 6) is 2.28. The summed E-state index contributed by atoms with van der Waals surface area (Å²) in [7, 11) is 0. The van der Waals surface area contributed by atoms with Gasteiger partial charge in [0.2, 0.25) is 0 Å². The molecular weight excluding hydrogens is 200 g/mol. The second-order valence-electron chi connectivity index (χ2n) is 4.23. The molecule has 2 aliphatic rings. The van der Waals surface area contributed by atoms with E-state index in [2.05, 4.69) is 27.0 Å². The van der Waals surface area contributed by atoms with Crippen LogP contribution in [-0.2, 0) is 4.18 Å². The molecule has 1 nitrogen and oxygen atoms in total. The van der Waals surface area contributed by atoms with Gasteiger partial charge in [0.15, 0.2) is 0 Å². The predicted molar refractivity (Wildman–Crippen MR) is 60.8 cm³/mol. The fourth-order valence-electron chi connectivity index (χ4n) is 2.90. The Balaban J connectivity index is 2.31. The SMILES string of the molecule is CCC1C2OSC1(SC)C(C)C2C. The van der Waals surface area contributed by atoms with E-state index in [4.69, 9.17) is 4.18 Å². The van der Waals surface area contributed by atoms with E-state index in [1.165, 1.54) is 6.42 Å². The van der Waals surface area contributed by atoms with Crippen molar-refractivity contribution < 1.29 is 4.18 Å². The number of fused-ring (bicyclic) bond motifs is 2. The van der Waals surface area contributed by atoms with E-state index in [0.717, 1.165) is 17.8 Å². The molecule has 2 fully saturated rings. The summed E-state index contributed by atoms with van der Waals surface area (Å²) in [5, 5.41) is 0. The van der Waals surface area contributed by atoms with Gasteiger partial charge in [0.25, 0.3) is 0 Å². The highest BCUT2D eigenvalue weighted by Gasteiger charge is 2.62. The van der Waals surface area contributed by atoms with Crippen LogP contribution in [0.25, 0.3) is 0 Å². The van der Waals surface area contributed by atoms with Gasteiger partial charge in [0.1, 0.15) is 0 Å². The number of hydrogen-bond acceptors (Lipinski definition) is 3. The van der Waals surface area contributed by atoms with Crippen molar-refractivity contribution in [3.8, 4) is 0 Å². The first-order chi connectivity index (χ1) is 6.17. The minimum Gasteiger partial charge on any atom is -0.310 e. The number of hydrogen-bond donors (Lipinski definition) is 0. The van der Waals surface area contributed by atoms with Crippen molar-refractivity contribution in [3.05, 3.63) is 0 Å². The first-order valence-corrected chi connectivity index (χ1v) is 7.03. The van der Waals surface area contributed by atoms with Crippen LogP contribution in [0.5, 0.6) is 0 Å². The minimum atomic E-state index is 0.360. The molecule has 13 heavy (non-hydrogen) atoms. The standard InChI is InChI=1S/C10H18OS2/c1-5-8-9-6(2)7(3)10(8,12-4)13-11-9/h6-9H,5H2,1-4H3. The summed E-state index contributed by atoms with van der Waals surface area (Å²) in [5.41, 5.74) is 0. The summed E-state index contributed by atoms with van der Waals surface area (Å²) in [6.07, 6.45) is 4.00. The van der Waals surface area contributed by atoms with Crippen molar-refractivity contribution >= 4 is 23.8 Å². The lowest BCUT2D eigenvalue weighted by Gasteiger charge is -2.33. The van der Waals surface area contributed by atoms with E-state index in [1.54, 1.807) is 12.0 Å². The summed E-state index contributed by atoms with van der Waals surface area (Å²) < 4.78 is 6.19. The molecule has 3 heteroatoms. The van der Waals surface area contributed by atoms with E-state index in [-0.39, 0.29) is 0 Å². The molecular formula is C10H18OS2.